The molecule has 2 N–H and O–H groups in total. The Morgan fingerprint density at radius 3 is 2.62 bits per heavy atom. The number of nitrogens with zero attached hydrogens (tertiary/aromatic N) is 1. The molecule has 1 saturated heterocycles. The summed E-state index contributed by atoms with van der Waals surface area (Å²) in [6, 6.07) is 17.4. The maximum atomic E-state index is 12.3. The van der Waals surface area contributed by atoms with Gasteiger partial charge in [0.05, 0.1) is 6.04 Å². The largest absolute Gasteiger partial charge is 0.326 e. The zero-order valence-corrected chi connectivity index (χ0v) is 15.5. The third-order valence-corrected chi connectivity index (χ3v) is 5.26. The first-order valence-electron chi connectivity index (χ1n) is 8.48. The number of carbonyl (C=O) groups excluding carboxylic acids is 2. The second kappa shape index (κ2) is 8.19. The Morgan fingerprint density at radius 1 is 1.19 bits per heavy atom. The summed E-state index contributed by atoms with van der Waals surface area (Å²) in [5.41, 5.74) is 2.84. The Bertz CT molecular complexity index is 836. The van der Waals surface area contributed by atoms with Crippen molar-refractivity contribution in [3.05, 3.63) is 65.7 Å². The van der Waals surface area contributed by atoms with E-state index in [9.17, 15) is 9.59 Å². The molecule has 0 aliphatic carbocycles. The van der Waals surface area contributed by atoms with Gasteiger partial charge < -0.3 is 10.6 Å². The van der Waals surface area contributed by atoms with Gasteiger partial charge in [0.25, 0.3) is 0 Å². The highest BCUT2D eigenvalue weighted by atomic mass is 32.2. The number of amidine groups is 1. The molecule has 134 valence electrons. The topological polar surface area (TPSA) is 70.6 Å². The number of benzene rings is 2. The quantitative estimate of drug-likeness (QED) is 0.847. The Morgan fingerprint density at radius 2 is 1.88 bits per heavy atom. The average molecular weight is 367 g/mol. The lowest BCUT2D eigenvalue weighted by atomic mass is 10.1. The molecule has 3 rings (SSSR count). The van der Waals surface area contributed by atoms with E-state index in [4.69, 9.17) is 0 Å². The van der Waals surface area contributed by atoms with Gasteiger partial charge in [-0.15, -0.1) is 0 Å². The van der Waals surface area contributed by atoms with Gasteiger partial charge in [-0.2, -0.15) is 0 Å². The molecule has 0 unspecified atom stereocenters. The van der Waals surface area contributed by atoms with E-state index in [2.05, 4.69) is 15.6 Å². The van der Waals surface area contributed by atoms with Crippen LogP contribution in [0.5, 0.6) is 0 Å². The summed E-state index contributed by atoms with van der Waals surface area (Å²) in [6.07, 6.45) is 0.115. The SMILES string of the molecule is Cc1ccccc1NC(=O)C[C@@H]1SC(=N[C@@H](C)c2ccccc2)NC1=O. The minimum Gasteiger partial charge on any atom is -0.326 e. The van der Waals surface area contributed by atoms with Gasteiger partial charge in [0, 0.05) is 12.1 Å². The minimum absolute atomic E-state index is 0.0569. The van der Waals surface area contributed by atoms with Crippen LogP contribution in [0.3, 0.4) is 0 Å². The first kappa shape index (κ1) is 18.2. The van der Waals surface area contributed by atoms with E-state index in [1.54, 1.807) is 0 Å². The van der Waals surface area contributed by atoms with Crippen LogP contribution >= 0.6 is 11.8 Å². The van der Waals surface area contributed by atoms with Gasteiger partial charge in [0.15, 0.2) is 5.17 Å². The normalized spacial score (nSPS) is 19.2. The Kier molecular flexibility index (Phi) is 5.73. The lowest BCUT2D eigenvalue weighted by Crippen LogP contribution is -2.28. The fourth-order valence-electron chi connectivity index (χ4n) is 2.67. The van der Waals surface area contributed by atoms with E-state index in [1.165, 1.54) is 11.8 Å². The molecular weight excluding hydrogens is 346 g/mol. The fraction of sp³-hybridized carbons (Fsp3) is 0.250. The highest BCUT2D eigenvalue weighted by molar-refractivity contribution is 8.15. The smallest absolute Gasteiger partial charge is 0.240 e. The van der Waals surface area contributed by atoms with Gasteiger partial charge in [-0.1, -0.05) is 60.3 Å². The number of hydrogen-bond acceptors (Lipinski definition) is 4. The lowest BCUT2D eigenvalue weighted by Gasteiger charge is -2.09. The van der Waals surface area contributed by atoms with E-state index in [0.29, 0.717) is 5.17 Å². The molecule has 2 amide bonds. The molecule has 1 fully saturated rings. The van der Waals surface area contributed by atoms with Crippen LogP contribution in [0.1, 0.15) is 30.5 Å². The maximum absolute atomic E-state index is 12.3. The number of amides is 2. The fourth-order valence-corrected chi connectivity index (χ4v) is 3.71. The molecule has 2 atom stereocenters. The lowest BCUT2D eigenvalue weighted by molar-refractivity contribution is -0.122. The van der Waals surface area contributed by atoms with Gasteiger partial charge in [0.2, 0.25) is 11.8 Å². The van der Waals surface area contributed by atoms with Gasteiger partial charge >= 0.3 is 0 Å². The number of rotatable bonds is 5. The zero-order chi connectivity index (χ0) is 18.5. The van der Waals surface area contributed by atoms with Crippen LogP contribution in [0.2, 0.25) is 0 Å². The van der Waals surface area contributed by atoms with Crippen LogP contribution in [0, 0.1) is 6.92 Å². The number of aliphatic imine (C=N–C) groups is 1. The zero-order valence-electron chi connectivity index (χ0n) is 14.7. The van der Waals surface area contributed by atoms with Gasteiger partial charge in [-0.05, 0) is 31.0 Å². The van der Waals surface area contributed by atoms with Crippen molar-refractivity contribution in [1.82, 2.24) is 5.32 Å². The minimum atomic E-state index is -0.458. The molecule has 0 saturated carbocycles. The molecule has 1 aliphatic rings. The number of anilines is 1. The van der Waals surface area contributed by atoms with Crippen molar-refractivity contribution in [2.75, 3.05) is 5.32 Å². The highest BCUT2D eigenvalue weighted by Gasteiger charge is 2.32. The summed E-state index contributed by atoms with van der Waals surface area (Å²) in [5.74, 6) is -0.349. The molecule has 0 bridgehead atoms. The van der Waals surface area contributed by atoms with Crippen LogP contribution in [0.4, 0.5) is 5.69 Å². The molecule has 1 heterocycles. The predicted molar refractivity (Wildman–Crippen MR) is 106 cm³/mol. The predicted octanol–water partition coefficient (Wildman–Crippen LogP) is 3.67. The number of aryl methyl sites for hydroxylation is 1. The molecule has 0 aromatic heterocycles. The molecule has 26 heavy (non-hydrogen) atoms. The molecular formula is C20H21N3O2S. The number of nitrogens with one attached hydrogen (secondary N) is 2. The number of carbonyl (C=O) groups is 2. The monoisotopic (exact) mass is 367 g/mol. The first-order chi connectivity index (χ1) is 12.5. The number of para-hydroxylation sites is 1. The Labute approximate surface area is 157 Å². The summed E-state index contributed by atoms with van der Waals surface area (Å²) >= 11 is 1.31. The number of thioether (sulfide) groups is 1. The molecule has 2 aromatic rings. The summed E-state index contributed by atoms with van der Waals surface area (Å²) in [5, 5.41) is 5.76. The third kappa shape index (κ3) is 4.52. The van der Waals surface area contributed by atoms with Crippen molar-refractivity contribution in [2.45, 2.75) is 31.6 Å². The molecule has 1 aliphatic heterocycles. The molecule has 5 nitrogen and oxygen atoms in total. The van der Waals surface area contributed by atoms with Crippen molar-refractivity contribution >= 4 is 34.4 Å². The van der Waals surface area contributed by atoms with Crippen LogP contribution in [-0.2, 0) is 9.59 Å². The maximum Gasteiger partial charge on any atom is 0.240 e. The summed E-state index contributed by atoms with van der Waals surface area (Å²) in [6.45, 7) is 3.91. The third-order valence-electron chi connectivity index (χ3n) is 4.16. The van der Waals surface area contributed by atoms with Gasteiger partial charge in [-0.3, -0.25) is 14.6 Å². The standard InChI is InChI=1S/C20H21N3O2S/c1-13-8-6-7-11-16(13)22-18(24)12-17-19(25)23-20(26-17)21-14(2)15-9-4-3-5-10-15/h3-11,14,17H,12H2,1-2H3,(H,22,24)(H,21,23,25)/t14-,17-/m0/s1. The summed E-state index contributed by atoms with van der Waals surface area (Å²) in [4.78, 5) is 29.0. The first-order valence-corrected chi connectivity index (χ1v) is 9.36. The van der Waals surface area contributed by atoms with Crippen LogP contribution < -0.4 is 10.6 Å². The second-order valence-corrected chi connectivity index (χ2v) is 7.38. The van der Waals surface area contributed by atoms with Gasteiger partial charge in [0.1, 0.15) is 5.25 Å². The van der Waals surface area contributed by atoms with E-state index in [1.807, 2.05) is 68.4 Å². The highest BCUT2D eigenvalue weighted by Crippen LogP contribution is 2.26. The van der Waals surface area contributed by atoms with E-state index in [-0.39, 0.29) is 24.3 Å². The second-order valence-electron chi connectivity index (χ2n) is 6.18. The molecule has 0 radical (unpaired) electrons. The van der Waals surface area contributed by atoms with E-state index in [0.717, 1.165) is 16.8 Å². The van der Waals surface area contributed by atoms with Crippen molar-refractivity contribution in [3.63, 3.8) is 0 Å². The van der Waals surface area contributed by atoms with Crippen LogP contribution in [0.25, 0.3) is 0 Å². The van der Waals surface area contributed by atoms with E-state index < -0.39 is 5.25 Å². The Balaban J connectivity index is 1.60. The molecule has 6 heteroatoms. The summed E-state index contributed by atoms with van der Waals surface area (Å²) < 4.78 is 0. The molecule has 2 aromatic carbocycles. The number of hydrogen-bond donors (Lipinski definition) is 2. The van der Waals surface area contributed by atoms with Crippen LogP contribution in [0.15, 0.2) is 59.6 Å². The summed E-state index contributed by atoms with van der Waals surface area (Å²) in [7, 11) is 0. The van der Waals surface area contributed by atoms with Crippen LogP contribution in [-0.4, -0.2) is 22.2 Å². The van der Waals surface area contributed by atoms with Crippen molar-refractivity contribution in [2.24, 2.45) is 4.99 Å². The van der Waals surface area contributed by atoms with Crippen molar-refractivity contribution in [3.8, 4) is 0 Å². The average Bonchev–Trinajstić information content (AvgIpc) is 2.96. The van der Waals surface area contributed by atoms with Gasteiger partial charge in [-0.25, -0.2) is 0 Å². The van der Waals surface area contributed by atoms with E-state index >= 15 is 0 Å². The van der Waals surface area contributed by atoms with Crippen molar-refractivity contribution < 1.29 is 9.59 Å². The molecule has 0 spiro atoms. The van der Waals surface area contributed by atoms with Crippen molar-refractivity contribution in [1.29, 1.82) is 0 Å². The Hall–Kier alpha value is -2.60.